The molecule has 3 aromatic rings. The van der Waals surface area contributed by atoms with E-state index in [1.807, 2.05) is 12.1 Å². The van der Waals surface area contributed by atoms with E-state index in [0.29, 0.717) is 53.6 Å². The van der Waals surface area contributed by atoms with E-state index in [2.05, 4.69) is 10.2 Å². The predicted octanol–water partition coefficient (Wildman–Crippen LogP) is 6.00. The number of benzene rings is 3. The van der Waals surface area contributed by atoms with Crippen molar-refractivity contribution in [1.29, 1.82) is 0 Å². The van der Waals surface area contributed by atoms with E-state index >= 15 is 4.39 Å². The van der Waals surface area contributed by atoms with Gasteiger partial charge in [-0.3, -0.25) is 9.69 Å². The van der Waals surface area contributed by atoms with Gasteiger partial charge in [0.05, 0.1) is 25.7 Å². The number of hydrogen-bond donors (Lipinski definition) is 2. The van der Waals surface area contributed by atoms with Crippen LogP contribution in [0, 0.1) is 5.82 Å². The van der Waals surface area contributed by atoms with Crippen molar-refractivity contribution in [2.45, 2.75) is 52.4 Å². The van der Waals surface area contributed by atoms with Gasteiger partial charge in [0.25, 0.3) is 0 Å². The van der Waals surface area contributed by atoms with Gasteiger partial charge in [-0.05, 0) is 63.1 Å². The average molecular weight is 609 g/mol. The third-order valence-corrected chi connectivity index (χ3v) is 6.99. The lowest BCUT2D eigenvalue weighted by Crippen LogP contribution is -2.38. The zero-order chi connectivity index (χ0) is 31.7. The van der Waals surface area contributed by atoms with Crippen molar-refractivity contribution in [2.24, 2.45) is 0 Å². The zero-order valence-corrected chi connectivity index (χ0v) is 25.7. The van der Waals surface area contributed by atoms with E-state index in [-0.39, 0.29) is 13.0 Å². The number of ether oxygens (including phenoxy) is 4. The van der Waals surface area contributed by atoms with Crippen LogP contribution in [0.1, 0.15) is 50.4 Å². The molecular formula is C34H41FN2O7. The maximum Gasteiger partial charge on any atom is 0.408 e. The van der Waals surface area contributed by atoms with E-state index in [9.17, 15) is 14.7 Å². The number of morpholine rings is 1. The van der Waals surface area contributed by atoms with Gasteiger partial charge in [0.2, 0.25) is 0 Å². The number of hydrogen-bond acceptors (Lipinski definition) is 7. The summed E-state index contributed by atoms with van der Waals surface area (Å²) in [5.74, 6) is -0.409. The summed E-state index contributed by atoms with van der Waals surface area (Å²) < 4.78 is 39.0. The molecule has 0 spiro atoms. The molecule has 0 saturated carbocycles. The first-order chi connectivity index (χ1) is 21.0. The Hall–Kier alpha value is -4.15. The molecule has 0 radical (unpaired) electrons. The van der Waals surface area contributed by atoms with Crippen LogP contribution in [0.15, 0.2) is 60.7 Å². The molecule has 10 heteroatoms. The van der Waals surface area contributed by atoms with Gasteiger partial charge >= 0.3 is 12.1 Å². The van der Waals surface area contributed by atoms with Gasteiger partial charge in [0, 0.05) is 36.3 Å². The lowest BCUT2D eigenvalue weighted by atomic mass is 9.97. The Morgan fingerprint density at radius 3 is 2.52 bits per heavy atom. The number of halogens is 1. The average Bonchev–Trinajstić information content (AvgIpc) is 2.96. The number of aliphatic carboxylic acids is 1. The van der Waals surface area contributed by atoms with Crippen LogP contribution in [0.25, 0.3) is 11.1 Å². The molecule has 3 aromatic carbocycles. The molecule has 1 heterocycles. The minimum atomic E-state index is -0.954. The highest BCUT2D eigenvalue weighted by Crippen LogP contribution is 2.32. The molecule has 1 saturated heterocycles. The first kappa shape index (κ1) is 32.8. The topological polar surface area (TPSA) is 107 Å². The molecule has 0 aromatic heterocycles. The summed E-state index contributed by atoms with van der Waals surface area (Å²) in [7, 11) is 0. The van der Waals surface area contributed by atoms with Crippen molar-refractivity contribution in [3.8, 4) is 22.6 Å². The van der Waals surface area contributed by atoms with Crippen LogP contribution in [0.4, 0.5) is 9.18 Å². The third-order valence-electron chi connectivity index (χ3n) is 6.99. The Kier molecular flexibility index (Phi) is 11.2. The number of para-hydroxylation sites is 1. The highest BCUT2D eigenvalue weighted by atomic mass is 19.1. The number of nitrogens with zero attached hydrogens (tertiary/aromatic N) is 1. The fraction of sp³-hybridized carbons (Fsp3) is 0.412. The highest BCUT2D eigenvalue weighted by molar-refractivity contribution is 5.72. The van der Waals surface area contributed by atoms with Gasteiger partial charge in [0.1, 0.15) is 36.1 Å². The second-order valence-corrected chi connectivity index (χ2v) is 11.7. The number of nitrogens with one attached hydrogen (secondary N) is 1. The van der Waals surface area contributed by atoms with Crippen LogP contribution in [0.3, 0.4) is 0 Å². The summed E-state index contributed by atoms with van der Waals surface area (Å²) in [6.45, 7) is 11.3. The second kappa shape index (κ2) is 15.0. The summed E-state index contributed by atoms with van der Waals surface area (Å²) in [6, 6.07) is 16.8. The lowest BCUT2D eigenvalue weighted by Gasteiger charge is -2.26. The van der Waals surface area contributed by atoms with Crippen molar-refractivity contribution in [3.63, 3.8) is 0 Å². The molecule has 1 aliphatic rings. The molecule has 1 atom stereocenters. The number of alkyl carbamates (subject to hydrolysis) is 1. The molecule has 236 valence electrons. The molecule has 1 aliphatic heterocycles. The minimum Gasteiger partial charge on any atom is -0.492 e. The summed E-state index contributed by atoms with van der Waals surface area (Å²) in [6.07, 6.45) is -0.798. The van der Waals surface area contributed by atoms with E-state index in [0.717, 1.165) is 25.2 Å². The molecule has 9 nitrogen and oxygen atoms in total. The molecule has 4 rings (SSSR count). The Morgan fingerprint density at radius 1 is 1.05 bits per heavy atom. The molecule has 0 bridgehead atoms. The number of carboxylic acids is 1. The van der Waals surface area contributed by atoms with Crippen LogP contribution >= 0.6 is 0 Å². The van der Waals surface area contributed by atoms with Crippen molar-refractivity contribution in [2.75, 3.05) is 39.5 Å². The van der Waals surface area contributed by atoms with Crippen LogP contribution < -0.4 is 14.8 Å². The largest absolute Gasteiger partial charge is 0.492 e. The van der Waals surface area contributed by atoms with E-state index in [1.54, 1.807) is 76.2 Å². The highest BCUT2D eigenvalue weighted by Gasteiger charge is 2.22. The van der Waals surface area contributed by atoms with E-state index in [1.165, 1.54) is 0 Å². The Balaban J connectivity index is 1.59. The molecule has 1 unspecified atom stereocenters. The van der Waals surface area contributed by atoms with Crippen LogP contribution in [0.5, 0.6) is 11.5 Å². The fourth-order valence-electron chi connectivity index (χ4n) is 4.88. The smallest absolute Gasteiger partial charge is 0.408 e. The normalized spacial score (nSPS) is 14.5. The van der Waals surface area contributed by atoms with Crippen molar-refractivity contribution in [1.82, 2.24) is 10.2 Å². The molecule has 44 heavy (non-hydrogen) atoms. The van der Waals surface area contributed by atoms with Gasteiger partial charge in [-0.25, -0.2) is 9.18 Å². The summed E-state index contributed by atoms with van der Waals surface area (Å²) >= 11 is 0. The Morgan fingerprint density at radius 2 is 1.80 bits per heavy atom. The summed E-state index contributed by atoms with van der Waals surface area (Å²) in [4.78, 5) is 26.0. The van der Waals surface area contributed by atoms with Crippen LogP contribution in [0.2, 0.25) is 0 Å². The lowest BCUT2D eigenvalue weighted by molar-refractivity contribution is -0.136. The van der Waals surface area contributed by atoms with Crippen LogP contribution in [-0.2, 0) is 27.3 Å². The molecule has 0 aliphatic carbocycles. The maximum atomic E-state index is 16.0. The summed E-state index contributed by atoms with van der Waals surface area (Å²) in [5, 5.41) is 12.0. The third kappa shape index (κ3) is 9.68. The van der Waals surface area contributed by atoms with Gasteiger partial charge < -0.3 is 29.4 Å². The van der Waals surface area contributed by atoms with E-state index in [4.69, 9.17) is 18.9 Å². The number of amides is 1. The van der Waals surface area contributed by atoms with Crippen molar-refractivity contribution >= 4 is 12.1 Å². The zero-order valence-electron chi connectivity index (χ0n) is 25.7. The second-order valence-electron chi connectivity index (χ2n) is 11.7. The number of rotatable bonds is 12. The van der Waals surface area contributed by atoms with E-state index < -0.39 is 29.5 Å². The Bertz CT molecular complexity index is 1430. The SMILES string of the molecule is CC(NC(=O)OC(C)(C)C)c1cccc(-c2cc(COc3ccccc3CC(=O)O)cc(OCCN3CCOCC3)c2)c1F. The number of carboxylic acid groups (broad SMARTS) is 1. The van der Waals surface area contributed by atoms with Crippen molar-refractivity contribution in [3.05, 3.63) is 83.2 Å². The first-order valence-electron chi connectivity index (χ1n) is 14.8. The van der Waals surface area contributed by atoms with Crippen molar-refractivity contribution < 1.29 is 38.0 Å². The van der Waals surface area contributed by atoms with Gasteiger partial charge in [0.15, 0.2) is 0 Å². The number of carbonyl (C=O) groups is 2. The predicted molar refractivity (Wildman–Crippen MR) is 164 cm³/mol. The number of carbonyl (C=O) groups excluding carboxylic acids is 1. The molecular weight excluding hydrogens is 567 g/mol. The van der Waals surface area contributed by atoms with Crippen LogP contribution in [-0.4, -0.2) is 67.1 Å². The first-order valence-corrected chi connectivity index (χ1v) is 14.8. The molecule has 2 N–H and O–H groups in total. The molecule has 1 fully saturated rings. The minimum absolute atomic E-state index is 0.113. The van der Waals surface area contributed by atoms with Gasteiger partial charge in [-0.15, -0.1) is 0 Å². The standard InChI is InChI=1S/C34H41FN2O7/c1-23(36-33(40)44-34(2,3)4)28-9-7-10-29(32(28)35)26-18-24(22-43-30-11-6-5-8-25(30)21-31(38)39)19-27(20-26)42-17-14-37-12-15-41-16-13-37/h5-11,18-20,23H,12-17,21-22H2,1-4H3,(H,36,40)(H,38,39). The van der Waals surface area contributed by atoms with Gasteiger partial charge in [-0.2, -0.15) is 0 Å². The fourth-order valence-corrected chi connectivity index (χ4v) is 4.88. The Labute approximate surface area is 257 Å². The summed E-state index contributed by atoms with van der Waals surface area (Å²) in [5.41, 5.74) is 1.83. The maximum absolute atomic E-state index is 16.0. The monoisotopic (exact) mass is 608 g/mol. The van der Waals surface area contributed by atoms with Gasteiger partial charge in [-0.1, -0.05) is 36.4 Å². The molecule has 1 amide bonds. The quantitative estimate of drug-likeness (QED) is 0.258.